The first-order valence-corrected chi connectivity index (χ1v) is 12.1. The van der Waals surface area contributed by atoms with E-state index in [4.69, 9.17) is 0 Å². The number of hydrogen-bond acceptors (Lipinski definition) is 7. The number of likely N-dealkylation sites (N-methyl/N-ethyl adjacent to an activating group) is 1. The third-order valence-electron chi connectivity index (χ3n) is 6.29. The second-order valence-corrected chi connectivity index (χ2v) is 9.05. The van der Waals surface area contributed by atoms with Gasteiger partial charge in [0, 0.05) is 79.4 Å². The Morgan fingerprint density at radius 2 is 1.81 bits per heavy atom. The lowest BCUT2D eigenvalue weighted by Crippen LogP contribution is -2.44. The maximum atomic E-state index is 14.8. The Morgan fingerprint density at radius 1 is 0.973 bits per heavy atom. The Morgan fingerprint density at radius 3 is 2.59 bits per heavy atom. The lowest BCUT2D eigenvalue weighted by molar-refractivity contribution is 0.102. The second kappa shape index (κ2) is 11.2. The number of hydrogen-bond donors (Lipinski definition) is 2. The summed E-state index contributed by atoms with van der Waals surface area (Å²) in [5, 5.41) is 6.01. The van der Waals surface area contributed by atoms with Crippen molar-refractivity contribution < 1.29 is 9.18 Å². The summed E-state index contributed by atoms with van der Waals surface area (Å²) < 4.78 is 14.8. The summed E-state index contributed by atoms with van der Waals surface area (Å²) in [6.07, 6.45) is 5.12. The zero-order chi connectivity index (χ0) is 25.6. The number of rotatable bonds is 7. The molecule has 0 atom stereocenters. The molecule has 0 bridgehead atoms. The minimum Gasteiger partial charge on any atom is -0.324 e. The molecule has 2 N–H and O–H groups in total. The number of carbonyl (C=O) groups is 1. The Kier molecular flexibility index (Phi) is 7.43. The zero-order valence-electron chi connectivity index (χ0n) is 20.6. The van der Waals surface area contributed by atoms with Crippen molar-refractivity contribution >= 4 is 23.2 Å². The van der Waals surface area contributed by atoms with Gasteiger partial charge < -0.3 is 15.5 Å². The topological polar surface area (TPSA) is 86.3 Å². The van der Waals surface area contributed by atoms with E-state index in [0.29, 0.717) is 29.4 Å². The number of anilines is 3. The van der Waals surface area contributed by atoms with Crippen LogP contribution in [0.2, 0.25) is 0 Å². The van der Waals surface area contributed by atoms with E-state index in [1.54, 1.807) is 42.9 Å². The van der Waals surface area contributed by atoms with Crippen molar-refractivity contribution in [3.8, 4) is 11.3 Å². The standard InChI is InChI=1S/C28H28FN7O/c1-35-12-14-36(15-13-35)19-22-8-7-20(16-25(22)29)27(37)32-23-5-2-6-24(17-23)33-28-31-11-9-26(34-28)21-4-3-10-30-18-21/h2-11,16-18H,12-15,19H2,1H3,(H,32,37)(H,31,33,34). The van der Waals surface area contributed by atoms with E-state index < -0.39 is 0 Å². The van der Waals surface area contributed by atoms with Gasteiger partial charge in [0.2, 0.25) is 5.95 Å². The number of aromatic nitrogens is 3. The van der Waals surface area contributed by atoms with Gasteiger partial charge in [0.1, 0.15) is 5.82 Å². The molecule has 4 aromatic rings. The molecule has 1 saturated heterocycles. The molecule has 2 aromatic carbocycles. The molecule has 2 aromatic heterocycles. The fourth-order valence-corrected chi connectivity index (χ4v) is 4.16. The highest BCUT2D eigenvalue weighted by molar-refractivity contribution is 6.04. The van der Waals surface area contributed by atoms with Gasteiger partial charge in [-0.1, -0.05) is 12.1 Å². The first-order valence-electron chi connectivity index (χ1n) is 12.1. The third-order valence-corrected chi connectivity index (χ3v) is 6.29. The van der Waals surface area contributed by atoms with E-state index in [-0.39, 0.29) is 17.3 Å². The van der Waals surface area contributed by atoms with Crippen molar-refractivity contribution in [1.82, 2.24) is 24.8 Å². The van der Waals surface area contributed by atoms with E-state index in [2.05, 4.69) is 42.4 Å². The Hall–Kier alpha value is -4.21. The van der Waals surface area contributed by atoms with Crippen LogP contribution in [0.25, 0.3) is 11.3 Å². The van der Waals surface area contributed by atoms with Crippen LogP contribution in [0.3, 0.4) is 0 Å². The highest BCUT2D eigenvalue weighted by Gasteiger charge is 2.17. The molecule has 188 valence electrons. The highest BCUT2D eigenvalue weighted by atomic mass is 19.1. The van der Waals surface area contributed by atoms with E-state index in [0.717, 1.165) is 37.4 Å². The number of carbonyl (C=O) groups excluding carboxylic acids is 1. The third kappa shape index (κ3) is 6.32. The molecule has 0 unspecified atom stereocenters. The minimum atomic E-state index is -0.378. The summed E-state index contributed by atoms with van der Waals surface area (Å²) in [4.78, 5) is 30.3. The first kappa shape index (κ1) is 24.5. The van der Waals surface area contributed by atoms with E-state index in [9.17, 15) is 9.18 Å². The molecule has 1 fully saturated rings. The molecule has 3 heterocycles. The van der Waals surface area contributed by atoms with E-state index >= 15 is 0 Å². The van der Waals surface area contributed by atoms with Crippen LogP contribution in [-0.4, -0.2) is 63.9 Å². The number of nitrogens with one attached hydrogen (secondary N) is 2. The summed E-state index contributed by atoms with van der Waals surface area (Å²) in [7, 11) is 2.09. The Balaban J connectivity index is 1.23. The van der Waals surface area contributed by atoms with Gasteiger partial charge in [0.05, 0.1) is 5.69 Å². The van der Waals surface area contributed by atoms with Gasteiger partial charge in [-0.3, -0.25) is 14.7 Å². The molecule has 0 radical (unpaired) electrons. The molecule has 1 amide bonds. The minimum absolute atomic E-state index is 0.269. The number of amides is 1. The van der Waals surface area contributed by atoms with Crippen LogP contribution in [0.1, 0.15) is 15.9 Å². The molecule has 0 saturated carbocycles. The van der Waals surface area contributed by atoms with Gasteiger partial charge in [0.15, 0.2) is 0 Å². The quantitative estimate of drug-likeness (QED) is 0.391. The van der Waals surface area contributed by atoms with Crippen LogP contribution < -0.4 is 10.6 Å². The zero-order valence-corrected chi connectivity index (χ0v) is 20.6. The van der Waals surface area contributed by atoms with Crippen molar-refractivity contribution in [1.29, 1.82) is 0 Å². The summed E-state index contributed by atoms with van der Waals surface area (Å²) in [5.41, 5.74) is 3.77. The fourth-order valence-electron chi connectivity index (χ4n) is 4.16. The van der Waals surface area contributed by atoms with Crippen LogP contribution in [0.15, 0.2) is 79.3 Å². The lowest BCUT2D eigenvalue weighted by atomic mass is 10.1. The number of piperazine rings is 1. The number of nitrogens with zero attached hydrogens (tertiary/aromatic N) is 5. The van der Waals surface area contributed by atoms with Crippen molar-refractivity contribution in [3.05, 3.63) is 96.2 Å². The maximum Gasteiger partial charge on any atom is 0.255 e. The molecule has 1 aliphatic heterocycles. The molecule has 1 aliphatic rings. The molecular formula is C28H28FN7O. The predicted molar refractivity (Wildman–Crippen MR) is 142 cm³/mol. The second-order valence-electron chi connectivity index (χ2n) is 9.05. The maximum absolute atomic E-state index is 14.8. The molecule has 0 spiro atoms. The molecule has 0 aliphatic carbocycles. The van der Waals surface area contributed by atoms with Gasteiger partial charge in [-0.25, -0.2) is 14.4 Å². The van der Waals surface area contributed by atoms with E-state index in [1.807, 2.05) is 30.3 Å². The Bertz CT molecular complexity index is 1370. The van der Waals surface area contributed by atoms with Crippen LogP contribution in [0.4, 0.5) is 21.7 Å². The van der Waals surface area contributed by atoms with Crippen molar-refractivity contribution in [2.24, 2.45) is 0 Å². The van der Waals surface area contributed by atoms with Crippen molar-refractivity contribution in [3.63, 3.8) is 0 Å². The summed E-state index contributed by atoms with van der Waals surface area (Å²) in [6.45, 7) is 4.29. The van der Waals surface area contributed by atoms with Crippen LogP contribution in [-0.2, 0) is 6.54 Å². The van der Waals surface area contributed by atoms with Gasteiger partial charge in [-0.15, -0.1) is 0 Å². The van der Waals surface area contributed by atoms with Gasteiger partial charge in [0.25, 0.3) is 5.91 Å². The van der Waals surface area contributed by atoms with E-state index in [1.165, 1.54) is 6.07 Å². The monoisotopic (exact) mass is 497 g/mol. The summed E-state index contributed by atoms with van der Waals surface area (Å²) >= 11 is 0. The first-order chi connectivity index (χ1) is 18.0. The largest absolute Gasteiger partial charge is 0.324 e. The van der Waals surface area contributed by atoms with Crippen LogP contribution >= 0.6 is 0 Å². The normalized spacial score (nSPS) is 14.3. The molecule has 9 heteroatoms. The molecule has 37 heavy (non-hydrogen) atoms. The van der Waals surface area contributed by atoms with Gasteiger partial charge >= 0.3 is 0 Å². The highest BCUT2D eigenvalue weighted by Crippen LogP contribution is 2.22. The smallest absolute Gasteiger partial charge is 0.255 e. The fraction of sp³-hybridized carbons (Fsp3) is 0.214. The average Bonchev–Trinajstić information content (AvgIpc) is 2.92. The summed E-state index contributed by atoms with van der Waals surface area (Å²) in [5.74, 6) is -0.326. The predicted octanol–water partition coefficient (Wildman–Crippen LogP) is 4.42. The number of benzene rings is 2. The number of pyridine rings is 1. The van der Waals surface area contributed by atoms with Crippen molar-refractivity contribution in [2.75, 3.05) is 43.9 Å². The van der Waals surface area contributed by atoms with Crippen molar-refractivity contribution in [2.45, 2.75) is 6.54 Å². The molecule has 8 nitrogen and oxygen atoms in total. The SMILES string of the molecule is CN1CCN(Cc2ccc(C(=O)Nc3cccc(Nc4nccc(-c5cccnc5)n4)c3)cc2F)CC1. The van der Waals surface area contributed by atoms with Gasteiger partial charge in [-0.2, -0.15) is 0 Å². The van der Waals surface area contributed by atoms with Gasteiger partial charge in [-0.05, 0) is 55.6 Å². The molecule has 5 rings (SSSR count). The van der Waals surface area contributed by atoms with Crippen LogP contribution in [0.5, 0.6) is 0 Å². The van der Waals surface area contributed by atoms with Crippen LogP contribution in [0, 0.1) is 5.82 Å². The average molecular weight is 498 g/mol. The lowest BCUT2D eigenvalue weighted by Gasteiger charge is -2.32. The Labute approximate surface area is 215 Å². The molecular weight excluding hydrogens is 469 g/mol. The number of halogens is 1. The summed E-state index contributed by atoms with van der Waals surface area (Å²) in [6, 6.07) is 17.5.